The molecule has 0 aliphatic carbocycles. The summed E-state index contributed by atoms with van der Waals surface area (Å²) in [5.74, 6) is 0.719. The largest absolute Gasteiger partial charge is 0.356 e. The second-order valence-corrected chi connectivity index (χ2v) is 7.39. The Morgan fingerprint density at radius 3 is 2.97 bits per heavy atom. The number of hydrogen-bond acceptors (Lipinski definition) is 5. The van der Waals surface area contributed by atoms with Gasteiger partial charge in [-0.25, -0.2) is 0 Å². The molecule has 0 aliphatic heterocycles. The molecule has 7 nitrogen and oxygen atoms in total. The Labute approximate surface area is 171 Å². The molecule has 0 atom stereocenters. The predicted octanol–water partition coefficient (Wildman–Crippen LogP) is 5.15. The number of nitrogens with zero attached hydrogens (tertiary/aromatic N) is 4. The van der Waals surface area contributed by atoms with Crippen molar-refractivity contribution in [2.24, 2.45) is 0 Å². The molecule has 0 unspecified atom stereocenters. The first-order valence-electron chi connectivity index (χ1n) is 9.75. The van der Waals surface area contributed by atoms with Crippen LogP contribution in [0.15, 0.2) is 71.5 Å². The first-order valence-corrected chi connectivity index (χ1v) is 9.75. The molecule has 0 saturated heterocycles. The maximum Gasteiger partial charge on any atom is 0.178 e. The van der Waals surface area contributed by atoms with E-state index in [1.165, 1.54) is 10.9 Å². The van der Waals surface area contributed by atoms with Gasteiger partial charge in [-0.1, -0.05) is 17.3 Å². The zero-order valence-electron chi connectivity index (χ0n) is 16.3. The molecule has 6 aromatic rings. The van der Waals surface area contributed by atoms with Crippen molar-refractivity contribution in [2.45, 2.75) is 13.5 Å². The average Bonchev–Trinajstić information content (AvgIpc) is 3.46. The van der Waals surface area contributed by atoms with E-state index < -0.39 is 0 Å². The van der Waals surface area contributed by atoms with Gasteiger partial charge in [0.25, 0.3) is 0 Å². The van der Waals surface area contributed by atoms with Crippen LogP contribution >= 0.6 is 0 Å². The molecule has 0 spiro atoms. The van der Waals surface area contributed by atoms with Gasteiger partial charge in [-0.15, -0.1) is 0 Å². The molecule has 2 N–H and O–H groups in total. The molecule has 0 saturated carbocycles. The summed E-state index contributed by atoms with van der Waals surface area (Å²) in [5.41, 5.74) is 6.79. The Morgan fingerprint density at radius 1 is 1.07 bits per heavy atom. The van der Waals surface area contributed by atoms with Crippen LogP contribution in [0.2, 0.25) is 0 Å². The third-order valence-corrected chi connectivity index (χ3v) is 5.44. The standard InChI is InChI=1S/C23H18N6O/c1-14-12-29(13-19-16-5-2-3-7-21(16)30-28-19)20-9-8-15(11-17(14)20)25-23-22-18(26-27-23)6-4-10-24-22/h2-12H,13H2,1H3,(H2,25,26,27). The summed E-state index contributed by atoms with van der Waals surface area (Å²) < 4.78 is 7.68. The molecular weight excluding hydrogens is 376 g/mol. The Morgan fingerprint density at radius 2 is 2.00 bits per heavy atom. The van der Waals surface area contributed by atoms with Crippen LogP contribution in [-0.2, 0) is 6.54 Å². The molecule has 6 rings (SSSR count). The lowest BCUT2D eigenvalue weighted by Gasteiger charge is -2.06. The van der Waals surface area contributed by atoms with Gasteiger partial charge in [-0.05, 0) is 55.0 Å². The van der Waals surface area contributed by atoms with Gasteiger partial charge in [0, 0.05) is 34.4 Å². The quantitative estimate of drug-likeness (QED) is 0.432. The number of H-pyrrole nitrogens is 1. The summed E-state index contributed by atoms with van der Waals surface area (Å²) in [4.78, 5) is 4.41. The van der Waals surface area contributed by atoms with Crippen LogP contribution in [0.5, 0.6) is 0 Å². The first kappa shape index (κ1) is 16.8. The van der Waals surface area contributed by atoms with Crippen molar-refractivity contribution in [1.29, 1.82) is 0 Å². The Bertz CT molecular complexity index is 1520. The van der Waals surface area contributed by atoms with E-state index in [0.29, 0.717) is 6.54 Å². The molecular formula is C23H18N6O. The molecule has 0 aliphatic rings. The molecule has 0 radical (unpaired) electrons. The molecule has 30 heavy (non-hydrogen) atoms. The molecule has 146 valence electrons. The number of para-hydroxylation sites is 1. The number of nitrogens with one attached hydrogen (secondary N) is 2. The van der Waals surface area contributed by atoms with Crippen molar-refractivity contribution in [3.05, 3.63) is 78.2 Å². The summed E-state index contributed by atoms with van der Waals surface area (Å²) in [6, 6.07) is 18.1. The second kappa shape index (κ2) is 6.45. The van der Waals surface area contributed by atoms with E-state index in [-0.39, 0.29) is 0 Å². The fourth-order valence-corrected chi connectivity index (χ4v) is 3.97. The van der Waals surface area contributed by atoms with Crippen molar-refractivity contribution in [3.63, 3.8) is 0 Å². The number of rotatable bonds is 4. The third kappa shape index (κ3) is 2.63. The van der Waals surface area contributed by atoms with Crippen LogP contribution in [0, 0.1) is 6.92 Å². The van der Waals surface area contributed by atoms with Crippen LogP contribution in [0.4, 0.5) is 11.5 Å². The summed E-state index contributed by atoms with van der Waals surface area (Å²) >= 11 is 0. The molecule has 0 fully saturated rings. The number of hydrogen-bond donors (Lipinski definition) is 2. The fraction of sp³-hybridized carbons (Fsp3) is 0.0870. The monoisotopic (exact) mass is 394 g/mol. The van der Waals surface area contributed by atoms with E-state index in [1.807, 2.05) is 36.4 Å². The van der Waals surface area contributed by atoms with E-state index in [4.69, 9.17) is 4.52 Å². The fourth-order valence-electron chi connectivity index (χ4n) is 3.97. The van der Waals surface area contributed by atoms with Gasteiger partial charge in [-0.3, -0.25) is 10.1 Å². The smallest absolute Gasteiger partial charge is 0.178 e. The van der Waals surface area contributed by atoms with Gasteiger partial charge in [0.15, 0.2) is 11.4 Å². The number of aromatic amines is 1. The number of benzene rings is 2. The number of pyridine rings is 1. The van der Waals surface area contributed by atoms with Crippen LogP contribution in [0.3, 0.4) is 0 Å². The lowest BCUT2D eigenvalue weighted by molar-refractivity contribution is 0.444. The topological polar surface area (TPSA) is 84.6 Å². The molecule has 0 bridgehead atoms. The van der Waals surface area contributed by atoms with Crippen molar-refractivity contribution < 1.29 is 4.52 Å². The van der Waals surface area contributed by atoms with Gasteiger partial charge in [0.2, 0.25) is 0 Å². The predicted molar refractivity (Wildman–Crippen MR) is 117 cm³/mol. The summed E-state index contributed by atoms with van der Waals surface area (Å²) in [6.45, 7) is 2.77. The highest BCUT2D eigenvalue weighted by Gasteiger charge is 2.13. The van der Waals surface area contributed by atoms with Crippen molar-refractivity contribution in [3.8, 4) is 0 Å². The Hall–Kier alpha value is -4.13. The van der Waals surface area contributed by atoms with Gasteiger partial charge < -0.3 is 14.4 Å². The summed E-state index contributed by atoms with van der Waals surface area (Å²) in [6.07, 6.45) is 3.92. The Balaban J connectivity index is 1.36. The zero-order chi connectivity index (χ0) is 20.1. The molecule has 0 amide bonds. The third-order valence-electron chi connectivity index (χ3n) is 5.44. The summed E-state index contributed by atoms with van der Waals surface area (Å²) in [7, 11) is 0. The van der Waals surface area contributed by atoms with Crippen LogP contribution < -0.4 is 5.32 Å². The van der Waals surface area contributed by atoms with E-state index in [0.717, 1.165) is 44.7 Å². The SMILES string of the molecule is Cc1cn(Cc2noc3ccccc23)c2ccc(Nc3n[nH]c4cccnc34)cc12. The van der Waals surface area contributed by atoms with Crippen molar-refractivity contribution in [1.82, 2.24) is 24.9 Å². The lowest BCUT2D eigenvalue weighted by Crippen LogP contribution is -1.99. The van der Waals surface area contributed by atoms with E-state index in [1.54, 1.807) is 6.20 Å². The highest BCUT2D eigenvalue weighted by atomic mass is 16.5. The van der Waals surface area contributed by atoms with E-state index >= 15 is 0 Å². The molecule has 2 aromatic carbocycles. The van der Waals surface area contributed by atoms with Crippen molar-refractivity contribution >= 4 is 44.4 Å². The number of fused-ring (bicyclic) bond motifs is 3. The number of aromatic nitrogens is 5. The van der Waals surface area contributed by atoms with Gasteiger partial charge >= 0.3 is 0 Å². The van der Waals surface area contributed by atoms with Gasteiger partial charge in [0.1, 0.15) is 11.2 Å². The lowest BCUT2D eigenvalue weighted by atomic mass is 10.1. The maximum absolute atomic E-state index is 5.46. The van der Waals surface area contributed by atoms with Gasteiger partial charge in [0.05, 0.1) is 12.1 Å². The highest BCUT2D eigenvalue weighted by Crippen LogP contribution is 2.29. The number of aryl methyl sites for hydroxylation is 1. The normalized spacial score (nSPS) is 11.6. The minimum Gasteiger partial charge on any atom is -0.356 e. The second-order valence-electron chi connectivity index (χ2n) is 7.39. The zero-order valence-corrected chi connectivity index (χ0v) is 16.3. The molecule has 7 heteroatoms. The molecule has 4 aromatic heterocycles. The first-order chi connectivity index (χ1) is 14.8. The van der Waals surface area contributed by atoms with Crippen LogP contribution in [0.25, 0.3) is 32.9 Å². The van der Waals surface area contributed by atoms with E-state index in [2.05, 4.69) is 61.5 Å². The minimum atomic E-state index is 0.655. The molecule has 4 heterocycles. The highest BCUT2D eigenvalue weighted by molar-refractivity contribution is 5.91. The Kier molecular flexibility index (Phi) is 3.61. The van der Waals surface area contributed by atoms with Crippen LogP contribution in [0.1, 0.15) is 11.3 Å². The van der Waals surface area contributed by atoms with Crippen molar-refractivity contribution in [2.75, 3.05) is 5.32 Å². The summed E-state index contributed by atoms with van der Waals surface area (Å²) in [5, 5.41) is 17.3. The maximum atomic E-state index is 5.46. The van der Waals surface area contributed by atoms with Gasteiger partial charge in [-0.2, -0.15) is 5.10 Å². The number of anilines is 2. The van der Waals surface area contributed by atoms with E-state index in [9.17, 15) is 0 Å². The minimum absolute atomic E-state index is 0.655. The average molecular weight is 394 g/mol. The van der Waals surface area contributed by atoms with Crippen LogP contribution in [-0.4, -0.2) is 24.9 Å².